The summed E-state index contributed by atoms with van der Waals surface area (Å²) in [4.78, 5) is 28.2. The van der Waals surface area contributed by atoms with Gasteiger partial charge in [-0.05, 0) is 24.1 Å². The van der Waals surface area contributed by atoms with E-state index in [0.29, 0.717) is 26.2 Å². The average molecular weight is 392 g/mol. The first kappa shape index (κ1) is 18.3. The molecule has 0 aliphatic carbocycles. The molecule has 6 heteroatoms. The van der Waals surface area contributed by atoms with E-state index >= 15 is 0 Å². The van der Waals surface area contributed by atoms with E-state index < -0.39 is 11.2 Å². The molecule has 2 amide bonds. The Morgan fingerprint density at radius 3 is 2.48 bits per heavy atom. The van der Waals surface area contributed by atoms with E-state index in [1.54, 1.807) is 0 Å². The standard InChI is InChI=1S/C23H24N2O4/c1-22(28-11-12-29-22)13-19-23(17-9-5-6-10-18(17)24-19)14-20(26)25(21(23)27)15-16-7-3-2-4-8-16/h2-10,19,24H,11-15H2,1H3/t19-,23-/m1/s1. The van der Waals surface area contributed by atoms with Crippen LogP contribution in [0.3, 0.4) is 0 Å². The first-order valence-corrected chi connectivity index (χ1v) is 10.0. The van der Waals surface area contributed by atoms with Crippen LogP contribution in [0.2, 0.25) is 0 Å². The number of fused-ring (bicyclic) bond motifs is 2. The van der Waals surface area contributed by atoms with E-state index in [-0.39, 0.29) is 24.3 Å². The largest absolute Gasteiger partial charge is 0.380 e. The van der Waals surface area contributed by atoms with Gasteiger partial charge in [-0.1, -0.05) is 48.5 Å². The third-order valence-electron chi connectivity index (χ3n) is 6.35. The molecule has 0 unspecified atom stereocenters. The number of ether oxygens (including phenoxy) is 2. The fourth-order valence-corrected chi connectivity index (χ4v) is 4.94. The number of para-hydroxylation sites is 1. The van der Waals surface area contributed by atoms with Crippen LogP contribution in [0.4, 0.5) is 5.69 Å². The molecule has 0 radical (unpaired) electrons. The minimum Gasteiger partial charge on any atom is -0.380 e. The van der Waals surface area contributed by atoms with Crippen LogP contribution >= 0.6 is 0 Å². The molecular weight excluding hydrogens is 368 g/mol. The Morgan fingerprint density at radius 1 is 1.03 bits per heavy atom. The second kappa shape index (κ2) is 6.68. The molecule has 29 heavy (non-hydrogen) atoms. The van der Waals surface area contributed by atoms with Crippen molar-refractivity contribution in [2.45, 2.75) is 43.6 Å². The molecule has 2 saturated heterocycles. The van der Waals surface area contributed by atoms with E-state index in [9.17, 15) is 9.59 Å². The number of nitrogens with one attached hydrogen (secondary N) is 1. The molecule has 150 valence electrons. The van der Waals surface area contributed by atoms with Crippen LogP contribution < -0.4 is 5.32 Å². The van der Waals surface area contributed by atoms with E-state index in [2.05, 4.69) is 5.32 Å². The lowest BCUT2D eigenvalue weighted by molar-refractivity contribution is -0.153. The highest BCUT2D eigenvalue weighted by Gasteiger charge is 2.62. The van der Waals surface area contributed by atoms with Crippen molar-refractivity contribution < 1.29 is 19.1 Å². The molecule has 0 aromatic heterocycles. The highest BCUT2D eigenvalue weighted by atomic mass is 16.7. The Hall–Kier alpha value is -2.70. The third kappa shape index (κ3) is 2.86. The number of imide groups is 1. The Kier molecular flexibility index (Phi) is 4.22. The van der Waals surface area contributed by atoms with Gasteiger partial charge < -0.3 is 14.8 Å². The molecule has 2 aromatic carbocycles. The van der Waals surface area contributed by atoms with Crippen molar-refractivity contribution in [2.24, 2.45) is 0 Å². The number of nitrogens with zero attached hydrogens (tertiary/aromatic N) is 1. The van der Waals surface area contributed by atoms with Crippen LogP contribution in [0.1, 0.15) is 30.9 Å². The van der Waals surface area contributed by atoms with Crippen molar-refractivity contribution in [3.8, 4) is 0 Å². The number of rotatable bonds is 4. The van der Waals surface area contributed by atoms with Crippen LogP contribution in [0.5, 0.6) is 0 Å². The van der Waals surface area contributed by atoms with Crippen LogP contribution in [-0.4, -0.2) is 41.8 Å². The van der Waals surface area contributed by atoms with E-state index in [1.165, 1.54) is 4.90 Å². The number of amides is 2. The molecule has 2 aromatic rings. The lowest BCUT2D eigenvalue weighted by atomic mass is 9.73. The van der Waals surface area contributed by atoms with E-state index in [0.717, 1.165) is 16.8 Å². The first-order chi connectivity index (χ1) is 14.0. The van der Waals surface area contributed by atoms with E-state index in [4.69, 9.17) is 9.47 Å². The fraction of sp³-hybridized carbons (Fsp3) is 0.391. The van der Waals surface area contributed by atoms with Gasteiger partial charge in [0.15, 0.2) is 5.79 Å². The summed E-state index contributed by atoms with van der Waals surface area (Å²) in [5, 5.41) is 3.50. The van der Waals surface area contributed by atoms with Crippen molar-refractivity contribution in [1.29, 1.82) is 0 Å². The number of likely N-dealkylation sites (tertiary alicyclic amines) is 1. The molecule has 0 saturated carbocycles. The zero-order chi connectivity index (χ0) is 20.1. The minimum atomic E-state index is -0.930. The maximum absolute atomic E-state index is 13.8. The number of anilines is 1. The summed E-state index contributed by atoms with van der Waals surface area (Å²) in [6.45, 7) is 3.27. The summed E-state index contributed by atoms with van der Waals surface area (Å²) < 4.78 is 11.6. The van der Waals surface area contributed by atoms with Gasteiger partial charge in [-0.15, -0.1) is 0 Å². The maximum Gasteiger partial charge on any atom is 0.242 e. The topological polar surface area (TPSA) is 67.9 Å². The van der Waals surface area contributed by atoms with Crippen molar-refractivity contribution in [2.75, 3.05) is 18.5 Å². The van der Waals surface area contributed by atoms with Crippen LogP contribution in [0, 0.1) is 0 Å². The predicted octanol–water partition coefficient (Wildman–Crippen LogP) is 2.83. The zero-order valence-electron chi connectivity index (χ0n) is 16.4. The number of carbonyl (C=O) groups excluding carboxylic acids is 2. The van der Waals surface area contributed by atoms with Crippen LogP contribution in [-0.2, 0) is 31.0 Å². The van der Waals surface area contributed by atoms with Gasteiger partial charge in [0.1, 0.15) is 5.41 Å². The van der Waals surface area contributed by atoms with Crippen molar-refractivity contribution >= 4 is 17.5 Å². The SMILES string of the molecule is CC1(C[C@H]2Nc3ccccc3[C@]23CC(=O)N(Cc2ccccc2)C3=O)OCCO1. The second-order valence-electron chi connectivity index (χ2n) is 8.20. The number of hydrogen-bond acceptors (Lipinski definition) is 5. The predicted molar refractivity (Wildman–Crippen MR) is 107 cm³/mol. The lowest BCUT2D eigenvalue weighted by Gasteiger charge is -2.34. The highest BCUT2D eigenvalue weighted by molar-refractivity contribution is 6.11. The van der Waals surface area contributed by atoms with Gasteiger partial charge in [0.2, 0.25) is 11.8 Å². The van der Waals surface area contributed by atoms with E-state index in [1.807, 2.05) is 61.5 Å². The van der Waals surface area contributed by atoms with Crippen LogP contribution in [0.15, 0.2) is 54.6 Å². The van der Waals surface area contributed by atoms with Crippen molar-refractivity contribution in [1.82, 2.24) is 4.90 Å². The molecule has 0 bridgehead atoms. The molecule has 6 nitrogen and oxygen atoms in total. The summed E-state index contributed by atoms with van der Waals surface area (Å²) >= 11 is 0. The highest BCUT2D eigenvalue weighted by Crippen LogP contribution is 2.51. The van der Waals surface area contributed by atoms with Gasteiger partial charge in [-0.25, -0.2) is 0 Å². The molecule has 2 fully saturated rings. The summed E-state index contributed by atoms with van der Waals surface area (Å²) in [6, 6.07) is 17.1. The number of hydrogen-bond donors (Lipinski definition) is 1. The van der Waals surface area contributed by atoms with Gasteiger partial charge in [0, 0.05) is 18.5 Å². The smallest absolute Gasteiger partial charge is 0.242 e. The number of benzene rings is 2. The zero-order valence-corrected chi connectivity index (χ0v) is 16.4. The van der Waals surface area contributed by atoms with Crippen molar-refractivity contribution in [3.05, 3.63) is 65.7 Å². The minimum absolute atomic E-state index is 0.138. The summed E-state index contributed by atoms with van der Waals surface area (Å²) in [5.74, 6) is -1.04. The van der Waals surface area contributed by atoms with Gasteiger partial charge in [-0.3, -0.25) is 14.5 Å². The molecule has 3 aliphatic rings. The summed E-state index contributed by atoms with van der Waals surface area (Å²) in [5.41, 5.74) is 1.81. The van der Waals surface area contributed by atoms with Gasteiger partial charge in [0.05, 0.1) is 25.8 Å². The monoisotopic (exact) mass is 392 g/mol. The first-order valence-electron chi connectivity index (χ1n) is 10.0. The quantitative estimate of drug-likeness (QED) is 0.811. The Morgan fingerprint density at radius 2 is 1.72 bits per heavy atom. The second-order valence-corrected chi connectivity index (χ2v) is 8.20. The van der Waals surface area contributed by atoms with Gasteiger partial charge in [0.25, 0.3) is 0 Å². The van der Waals surface area contributed by atoms with Crippen LogP contribution in [0.25, 0.3) is 0 Å². The molecule has 3 aliphatic heterocycles. The third-order valence-corrected chi connectivity index (χ3v) is 6.35. The Balaban J connectivity index is 1.52. The molecule has 2 atom stereocenters. The summed E-state index contributed by atoms with van der Waals surface area (Å²) in [7, 11) is 0. The van der Waals surface area contributed by atoms with Gasteiger partial charge in [-0.2, -0.15) is 0 Å². The molecular formula is C23H24N2O4. The molecule has 1 spiro atoms. The van der Waals surface area contributed by atoms with Gasteiger partial charge >= 0.3 is 0 Å². The van der Waals surface area contributed by atoms with Crippen molar-refractivity contribution in [3.63, 3.8) is 0 Å². The Labute approximate surface area is 169 Å². The summed E-state index contributed by atoms with van der Waals surface area (Å²) in [6.07, 6.45) is 0.642. The average Bonchev–Trinajstić information content (AvgIpc) is 3.35. The normalized spacial score (nSPS) is 27.5. The lowest BCUT2D eigenvalue weighted by Crippen LogP contribution is -2.49. The molecule has 1 N–H and O–H groups in total. The maximum atomic E-state index is 13.8. The molecule has 5 rings (SSSR count). The number of carbonyl (C=O) groups is 2. The molecule has 3 heterocycles. The fourth-order valence-electron chi connectivity index (χ4n) is 4.94. The Bertz CT molecular complexity index is 954.